The quantitative estimate of drug-likeness (QED) is 0.808. The number of aromatic nitrogens is 2. The smallest absolute Gasteiger partial charge is 0.323 e. The summed E-state index contributed by atoms with van der Waals surface area (Å²) in [5.74, 6) is -0.00406. The number of amides is 3. The molecule has 2 heterocycles. The number of carbonyl (C=O) groups is 2. The maximum absolute atomic E-state index is 13.1. The number of hydrazine groups is 1. The maximum atomic E-state index is 13.1. The molecule has 3 amide bonds. The molecule has 2 atom stereocenters. The molecule has 1 saturated heterocycles. The van der Waals surface area contributed by atoms with Gasteiger partial charge in [0, 0.05) is 18.8 Å². The van der Waals surface area contributed by atoms with Crippen molar-refractivity contribution in [1.82, 2.24) is 25.3 Å². The van der Waals surface area contributed by atoms with Gasteiger partial charge in [0.1, 0.15) is 11.5 Å². The maximum Gasteiger partial charge on any atom is 0.336 e. The Balaban J connectivity index is 1.63. The molecule has 7 nitrogen and oxygen atoms in total. The van der Waals surface area contributed by atoms with Gasteiger partial charge >= 0.3 is 6.03 Å². The molecule has 138 valence electrons. The van der Waals surface area contributed by atoms with Crippen molar-refractivity contribution < 1.29 is 14.0 Å². The minimum absolute atomic E-state index is 0.234. The van der Waals surface area contributed by atoms with Gasteiger partial charge in [-0.1, -0.05) is 13.8 Å². The molecule has 26 heavy (non-hydrogen) atoms. The van der Waals surface area contributed by atoms with Gasteiger partial charge in [-0.2, -0.15) is 0 Å². The number of likely N-dealkylation sites (tertiary alicyclic amines) is 1. The minimum Gasteiger partial charge on any atom is -0.323 e. The van der Waals surface area contributed by atoms with Crippen LogP contribution in [0.15, 0.2) is 36.8 Å². The average Bonchev–Trinajstić information content (AvgIpc) is 3.09. The lowest BCUT2D eigenvalue weighted by Gasteiger charge is -2.34. The van der Waals surface area contributed by atoms with E-state index >= 15 is 0 Å². The van der Waals surface area contributed by atoms with Gasteiger partial charge in [-0.05, 0) is 42.5 Å². The SMILES string of the molecule is C[C@@H]1C[C@H](C)CN(C(=O)NNC(=O)c2cncn2-c2ccc(F)cc2)C1. The number of hydrogen-bond donors (Lipinski definition) is 2. The summed E-state index contributed by atoms with van der Waals surface area (Å²) in [6.07, 6.45) is 3.93. The molecule has 2 aromatic rings. The summed E-state index contributed by atoms with van der Waals surface area (Å²) in [6, 6.07) is 5.37. The largest absolute Gasteiger partial charge is 0.336 e. The zero-order valence-corrected chi connectivity index (χ0v) is 14.8. The fourth-order valence-corrected chi connectivity index (χ4v) is 3.35. The molecule has 1 aromatic heterocycles. The van der Waals surface area contributed by atoms with Crippen molar-refractivity contribution >= 4 is 11.9 Å². The first-order valence-electron chi connectivity index (χ1n) is 8.57. The van der Waals surface area contributed by atoms with Crippen molar-refractivity contribution in [2.75, 3.05) is 13.1 Å². The molecule has 1 fully saturated rings. The molecular weight excluding hydrogens is 337 g/mol. The van der Waals surface area contributed by atoms with Gasteiger partial charge in [-0.3, -0.25) is 14.8 Å². The summed E-state index contributed by atoms with van der Waals surface area (Å²) < 4.78 is 14.6. The van der Waals surface area contributed by atoms with Crippen molar-refractivity contribution in [3.63, 3.8) is 0 Å². The van der Waals surface area contributed by atoms with E-state index in [-0.39, 0.29) is 17.5 Å². The molecule has 0 saturated carbocycles. The van der Waals surface area contributed by atoms with E-state index in [1.54, 1.807) is 17.0 Å². The van der Waals surface area contributed by atoms with Crippen LogP contribution in [0.2, 0.25) is 0 Å². The summed E-state index contributed by atoms with van der Waals surface area (Å²) in [5, 5.41) is 0. The van der Waals surface area contributed by atoms with E-state index in [4.69, 9.17) is 0 Å². The van der Waals surface area contributed by atoms with Crippen LogP contribution in [-0.2, 0) is 0 Å². The molecule has 1 aliphatic heterocycles. The first-order valence-corrected chi connectivity index (χ1v) is 8.57. The zero-order chi connectivity index (χ0) is 18.7. The number of carbonyl (C=O) groups excluding carboxylic acids is 2. The standard InChI is InChI=1S/C18H22FN5O2/c1-12-7-13(2)10-23(9-12)18(26)22-21-17(25)16-8-20-11-24(16)15-5-3-14(19)4-6-15/h3-6,8,11-13H,7,9-10H2,1-2H3,(H,21,25)(H,22,26)/t12-,13+. The second-order valence-electron chi connectivity index (χ2n) is 6.86. The van der Waals surface area contributed by atoms with Gasteiger partial charge in [-0.25, -0.2) is 19.6 Å². The highest BCUT2D eigenvalue weighted by Crippen LogP contribution is 2.20. The number of rotatable bonds is 2. The van der Waals surface area contributed by atoms with Crippen LogP contribution in [0.4, 0.5) is 9.18 Å². The summed E-state index contributed by atoms with van der Waals surface area (Å²) in [7, 11) is 0. The second-order valence-corrected chi connectivity index (χ2v) is 6.86. The summed E-state index contributed by atoms with van der Waals surface area (Å²) in [5.41, 5.74) is 5.70. The number of hydrogen-bond acceptors (Lipinski definition) is 3. The van der Waals surface area contributed by atoms with Crippen LogP contribution in [-0.4, -0.2) is 39.5 Å². The lowest BCUT2D eigenvalue weighted by Crippen LogP contribution is -2.52. The van der Waals surface area contributed by atoms with Crippen LogP contribution >= 0.6 is 0 Å². The highest BCUT2D eigenvalue weighted by Gasteiger charge is 2.25. The topological polar surface area (TPSA) is 79.3 Å². The molecule has 0 bridgehead atoms. The van der Waals surface area contributed by atoms with Crippen LogP contribution in [0.3, 0.4) is 0 Å². The Bertz CT molecular complexity index is 779. The molecule has 1 aromatic carbocycles. The van der Waals surface area contributed by atoms with Gasteiger partial charge in [0.05, 0.1) is 12.5 Å². The Hall–Kier alpha value is -2.90. The third-order valence-corrected chi connectivity index (χ3v) is 4.41. The van der Waals surface area contributed by atoms with Crippen LogP contribution in [0.5, 0.6) is 0 Å². The second kappa shape index (κ2) is 7.55. The van der Waals surface area contributed by atoms with E-state index in [2.05, 4.69) is 29.7 Å². The number of benzene rings is 1. The molecule has 3 rings (SSSR count). The number of nitrogens with zero attached hydrogens (tertiary/aromatic N) is 3. The number of halogens is 1. The van der Waals surface area contributed by atoms with E-state index in [0.29, 0.717) is 30.6 Å². The van der Waals surface area contributed by atoms with Gasteiger partial charge < -0.3 is 4.90 Å². The predicted octanol–water partition coefficient (Wildman–Crippen LogP) is 2.34. The molecule has 1 aliphatic rings. The van der Waals surface area contributed by atoms with E-state index < -0.39 is 5.91 Å². The summed E-state index contributed by atoms with van der Waals surface area (Å²) >= 11 is 0. The number of piperidine rings is 1. The molecule has 8 heteroatoms. The summed E-state index contributed by atoms with van der Waals surface area (Å²) in [6.45, 7) is 5.55. The number of imidazole rings is 1. The highest BCUT2D eigenvalue weighted by atomic mass is 19.1. The Morgan fingerprint density at radius 3 is 2.42 bits per heavy atom. The lowest BCUT2D eigenvalue weighted by atomic mass is 9.92. The molecule has 2 N–H and O–H groups in total. The predicted molar refractivity (Wildman–Crippen MR) is 94.0 cm³/mol. The van der Waals surface area contributed by atoms with Gasteiger partial charge in [-0.15, -0.1) is 0 Å². The Morgan fingerprint density at radius 1 is 1.12 bits per heavy atom. The average molecular weight is 359 g/mol. The van der Waals surface area contributed by atoms with E-state index in [0.717, 1.165) is 6.42 Å². The monoisotopic (exact) mass is 359 g/mol. The zero-order valence-electron chi connectivity index (χ0n) is 14.8. The first-order chi connectivity index (χ1) is 12.4. The Kier molecular flexibility index (Phi) is 5.20. The molecule has 0 unspecified atom stereocenters. The van der Waals surface area contributed by atoms with Crippen LogP contribution in [0.25, 0.3) is 5.69 Å². The Morgan fingerprint density at radius 2 is 1.77 bits per heavy atom. The highest BCUT2D eigenvalue weighted by molar-refractivity contribution is 5.94. The van der Waals surface area contributed by atoms with Gasteiger partial charge in [0.15, 0.2) is 0 Å². The van der Waals surface area contributed by atoms with Crippen molar-refractivity contribution in [1.29, 1.82) is 0 Å². The van der Waals surface area contributed by atoms with Crippen LogP contribution in [0.1, 0.15) is 30.8 Å². The van der Waals surface area contributed by atoms with E-state index in [1.807, 2.05) is 0 Å². The Labute approximate surface area is 151 Å². The molecule has 0 aliphatic carbocycles. The van der Waals surface area contributed by atoms with Crippen LogP contribution in [0, 0.1) is 17.7 Å². The third kappa shape index (κ3) is 4.01. The van der Waals surface area contributed by atoms with Crippen molar-refractivity contribution in [3.8, 4) is 5.69 Å². The third-order valence-electron chi connectivity index (χ3n) is 4.41. The van der Waals surface area contributed by atoms with Crippen molar-refractivity contribution in [3.05, 3.63) is 48.3 Å². The number of nitrogens with one attached hydrogen (secondary N) is 2. The van der Waals surface area contributed by atoms with Gasteiger partial charge in [0.25, 0.3) is 5.91 Å². The molecular formula is C18H22FN5O2. The number of urea groups is 1. The summed E-state index contributed by atoms with van der Waals surface area (Å²) in [4.78, 5) is 30.4. The fraction of sp³-hybridized carbons (Fsp3) is 0.389. The molecule has 0 radical (unpaired) electrons. The molecule has 0 spiro atoms. The normalized spacial score (nSPS) is 19.9. The lowest BCUT2D eigenvalue weighted by molar-refractivity contribution is 0.0914. The van der Waals surface area contributed by atoms with Crippen molar-refractivity contribution in [2.24, 2.45) is 11.8 Å². The van der Waals surface area contributed by atoms with E-state index in [1.165, 1.54) is 29.2 Å². The fourth-order valence-electron chi connectivity index (χ4n) is 3.35. The van der Waals surface area contributed by atoms with Crippen molar-refractivity contribution in [2.45, 2.75) is 20.3 Å². The first kappa shape index (κ1) is 17.9. The minimum atomic E-state index is -0.502. The van der Waals surface area contributed by atoms with Gasteiger partial charge in [0.2, 0.25) is 0 Å². The van der Waals surface area contributed by atoms with E-state index in [9.17, 15) is 14.0 Å². The van der Waals surface area contributed by atoms with Crippen LogP contribution < -0.4 is 10.9 Å².